The maximum Gasteiger partial charge on any atom is 0.339 e. The molecule has 0 heterocycles. The Morgan fingerprint density at radius 1 is 0.364 bits per heavy atom. The molecule has 4 N–H and O–H groups in total. The Kier molecular flexibility index (Phi) is 67.8. The number of hydrogen-bond acceptors (Lipinski definition) is 35. The van der Waals surface area contributed by atoms with E-state index in [2.05, 4.69) is 18.6 Å². The number of rotatable bonds is 57. The third-order valence-electron chi connectivity index (χ3n) is 23.2. The van der Waals surface area contributed by atoms with Crippen LogP contribution in [0.5, 0.6) is 0 Å². The lowest BCUT2D eigenvalue weighted by Crippen LogP contribution is -2.39. The van der Waals surface area contributed by atoms with Crippen molar-refractivity contribution < 1.29 is 173 Å². The summed E-state index contributed by atoms with van der Waals surface area (Å²) in [4.78, 5) is 212. The van der Waals surface area contributed by atoms with Crippen molar-refractivity contribution in [3.05, 3.63) is 47.5 Å². The quantitative estimate of drug-likeness (QED) is 0.0204. The number of aromatic carboxylic acids is 1. The summed E-state index contributed by atoms with van der Waals surface area (Å²) in [5, 5.41) is 35.9. The van der Waals surface area contributed by atoms with Crippen molar-refractivity contribution in [1.82, 2.24) is 0 Å². The number of carboxylic acids is 4. The topological polar surface area (TPSA) is 517 Å². The normalized spacial score (nSPS) is 14.1. The molecule has 0 radical (unpaired) electrons. The van der Waals surface area contributed by atoms with Crippen LogP contribution < -0.4 is 0 Å². The van der Waals surface area contributed by atoms with Crippen molar-refractivity contribution in [3.63, 3.8) is 0 Å². The van der Waals surface area contributed by atoms with E-state index < -0.39 is 152 Å². The van der Waals surface area contributed by atoms with E-state index in [1.54, 1.807) is 96.9 Å². The van der Waals surface area contributed by atoms with E-state index in [1.165, 1.54) is 107 Å². The van der Waals surface area contributed by atoms with Gasteiger partial charge in [0, 0.05) is 46.7 Å². The highest BCUT2D eigenvalue weighted by Gasteiger charge is 2.41. The smallest absolute Gasteiger partial charge is 0.339 e. The Hall–Kier alpha value is -9.53. The van der Waals surface area contributed by atoms with Gasteiger partial charge in [0.1, 0.15) is 39.6 Å². The molecule has 6 unspecified atom stereocenters. The number of thioether (sulfide) groups is 3. The highest BCUT2D eigenvalue weighted by molar-refractivity contribution is 7.99. The van der Waals surface area contributed by atoms with Gasteiger partial charge >= 0.3 is 107 Å². The van der Waals surface area contributed by atoms with E-state index in [4.69, 9.17) is 71.8 Å². The summed E-state index contributed by atoms with van der Waals surface area (Å²) in [6.45, 7) is 46.0. The van der Waals surface area contributed by atoms with Crippen molar-refractivity contribution in [3.8, 4) is 0 Å². The number of esters is 14. The minimum atomic E-state index is -1.33. The standard InChI is InChI=1S/C26H42O10S.C26H36O10S.C22H34O10S.C14H28O2.C7H14O2.C6H12O2/c2*1-7-25(2,3)24(32)35-15-17(36-22(30)19-11-9-8-10-18(19)21(28)29)14-34-20(27)12-13-37-16-26(4,5)23(31)33-6;1-7-21(2,3)20(28)31-13-15(32-18(26)9-8-16(23)24)12-30-17(25)10-11-33-14-22(4,5)19(27)29-6;1-6-9-10-12(7-2)11-16-13(15)14(4,5)8-3;1-5-7(2,3)6(8)9-4;1-4-6(2,3)5(7)8/h17-19H,7-16H2,1-6H3,(H,28,29);8-11,17H,7,12-16H2,1-6H3,(H,28,29);8-9,15H,7,10-14H2,1-6H3,(H,23,24);12H,6-11H2,1-5H3;5H2,1-4H3;4H2,1-3H3,(H,7,8)/b;;9-8-;;;. The molecule has 804 valence electrons. The third-order valence-corrected chi connectivity index (χ3v) is 27.5. The predicted octanol–water partition coefficient (Wildman–Crippen LogP) is 17.1. The van der Waals surface area contributed by atoms with Gasteiger partial charge in [-0.05, 0) is 200 Å². The summed E-state index contributed by atoms with van der Waals surface area (Å²) in [5.41, 5.74) is -5.95. The molecule has 6 atom stereocenters. The zero-order valence-electron chi connectivity index (χ0n) is 88.7. The maximum atomic E-state index is 12.8. The fourth-order valence-corrected chi connectivity index (χ4v) is 13.7. The first-order valence-corrected chi connectivity index (χ1v) is 50.8. The molecule has 1 saturated carbocycles. The van der Waals surface area contributed by atoms with Crippen LogP contribution in [-0.2, 0) is 143 Å². The van der Waals surface area contributed by atoms with Gasteiger partial charge in [0.25, 0.3) is 0 Å². The van der Waals surface area contributed by atoms with Gasteiger partial charge in [0.2, 0.25) is 0 Å². The Balaban J connectivity index is -0.000000852. The van der Waals surface area contributed by atoms with Gasteiger partial charge in [-0.3, -0.25) is 67.1 Å². The van der Waals surface area contributed by atoms with Crippen LogP contribution in [0.4, 0.5) is 0 Å². The van der Waals surface area contributed by atoms with Crippen LogP contribution in [0.15, 0.2) is 36.4 Å². The summed E-state index contributed by atoms with van der Waals surface area (Å²) in [6, 6.07) is 5.52. The first-order valence-electron chi connectivity index (χ1n) is 47.3. The predicted molar refractivity (Wildman–Crippen MR) is 530 cm³/mol. The molecule has 39 heteroatoms. The van der Waals surface area contributed by atoms with E-state index in [9.17, 15) is 96.5 Å². The Morgan fingerprint density at radius 3 is 0.950 bits per heavy atom. The molecular formula is C101H166O36S3. The maximum absolute atomic E-state index is 12.8. The minimum Gasteiger partial charge on any atom is -0.481 e. The Bertz CT molecular complexity index is 4060. The van der Waals surface area contributed by atoms with Gasteiger partial charge in [0.05, 0.1) is 126 Å². The number of benzene rings is 1. The molecule has 1 aliphatic rings. The first-order chi connectivity index (χ1) is 64.8. The molecule has 0 aliphatic heterocycles. The number of carbonyl (C=O) groups excluding carboxylic acids is 14. The molecular weight excluding hydrogens is 1890 g/mol. The van der Waals surface area contributed by atoms with E-state index in [-0.39, 0.29) is 104 Å². The van der Waals surface area contributed by atoms with E-state index in [1.807, 2.05) is 69.2 Å². The van der Waals surface area contributed by atoms with E-state index >= 15 is 0 Å². The largest absolute Gasteiger partial charge is 0.481 e. The van der Waals surface area contributed by atoms with Crippen molar-refractivity contribution in [2.45, 2.75) is 307 Å². The van der Waals surface area contributed by atoms with Gasteiger partial charge in [0.15, 0.2) is 18.3 Å². The SMILES string of the molecule is CCC(C)(C)C(=O)O.CCC(C)(C)C(=O)OC.CCC(C)(C)C(=O)OCC(COC(=O)CCSCC(C)(C)C(=O)OC)OC(=O)/C=C\C(=O)O.CCC(C)(C)C(=O)OCC(COC(=O)CCSCC(C)(C)C(=O)OC)OC(=O)C1CCCCC1C(=O)O.CCC(C)(C)C(=O)OCC(COC(=O)CCSCC(C)(C)C(=O)OC)OC(=O)c1ccccc1C(=O)O.CCCCC(CC)COC(=O)C(C)(C)CC. The summed E-state index contributed by atoms with van der Waals surface area (Å²) in [6.07, 6.45) is 8.97. The molecule has 140 heavy (non-hydrogen) atoms. The molecule has 0 aromatic heterocycles. The monoisotopic (exact) mass is 2050 g/mol. The Labute approximate surface area is 841 Å². The third kappa shape index (κ3) is 57.5. The number of unbranched alkanes of at least 4 members (excludes halogenated alkanes) is 1. The minimum absolute atomic E-state index is 0.0348. The highest BCUT2D eigenvalue weighted by atomic mass is 32.2. The number of methoxy groups -OCH3 is 4. The van der Waals surface area contributed by atoms with Gasteiger partial charge in [-0.25, -0.2) is 19.2 Å². The second kappa shape index (κ2) is 69.4. The number of ether oxygens (including phenoxy) is 14. The number of carbonyl (C=O) groups is 18. The molecule has 0 saturated heterocycles. The summed E-state index contributed by atoms with van der Waals surface area (Å²) in [5.74, 6) is -10.0. The fourth-order valence-electron chi connectivity index (χ4n) is 10.5. The lowest BCUT2D eigenvalue weighted by molar-refractivity contribution is -0.176. The molecule has 1 fully saturated rings. The van der Waals surface area contributed by atoms with Crippen LogP contribution in [0.25, 0.3) is 0 Å². The van der Waals surface area contributed by atoms with Crippen LogP contribution >= 0.6 is 35.3 Å². The highest BCUT2D eigenvalue weighted by Crippen LogP contribution is 2.34. The van der Waals surface area contributed by atoms with Crippen molar-refractivity contribution in [2.24, 2.45) is 66.5 Å². The lowest BCUT2D eigenvalue weighted by Gasteiger charge is -2.29. The first kappa shape index (κ1) is 137. The molecule has 0 bridgehead atoms. The van der Waals surface area contributed by atoms with Crippen molar-refractivity contribution in [2.75, 3.05) is 109 Å². The fraction of sp³-hybridized carbons (Fsp3) is 0.743. The van der Waals surface area contributed by atoms with Crippen LogP contribution in [0, 0.1) is 66.5 Å². The van der Waals surface area contributed by atoms with Crippen LogP contribution in [0.1, 0.15) is 310 Å². The molecule has 0 spiro atoms. The molecule has 36 nitrogen and oxygen atoms in total. The summed E-state index contributed by atoms with van der Waals surface area (Å²) >= 11 is 4.18. The molecule has 2 rings (SSSR count). The van der Waals surface area contributed by atoms with Crippen LogP contribution in [0.2, 0.25) is 0 Å². The molecule has 0 amide bonds. The lowest BCUT2D eigenvalue weighted by atomic mass is 9.79. The van der Waals surface area contributed by atoms with Gasteiger partial charge in [-0.15, -0.1) is 0 Å². The van der Waals surface area contributed by atoms with Crippen LogP contribution in [0.3, 0.4) is 0 Å². The van der Waals surface area contributed by atoms with Crippen molar-refractivity contribution in [1.29, 1.82) is 0 Å². The summed E-state index contributed by atoms with van der Waals surface area (Å²) in [7, 11) is 5.37. The zero-order chi connectivity index (χ0) is 109. The van der Waals surface area contributed by atoms with E-state index in [0.29, 0.717) is 104 Å². The Morgan fingerprint density at radius 2 is 0.664 bits per heavy atom. The molecule has 1 aromatic rings. The van der Waals surface area contributed by atoms with Gasteiger partial charge in [-0.2, -0.15) is 35.3 Å². The number of carboxylic acid groups (broad SMARTS) is 4. The summed E-state index contributed by atoms with van der Waals surface area (Å²) < 4.78 is 71.7. The average molecular weight is 2050 g/mol. The van der Waals surface area contributed by atoms with Gasteiger partial charge < -0.3 is 86.7 Å². The second-order valence-electron chi connectivity index (χ2n) is 39.1. The zero-order valence-corrected chi connectivity index (χ0v) is 91.2. The molecule has 1 aromatic carbocycles. The number of hydrogen-bond donors (Lipinski definition) is 4. The van der Waals surface area contributed by atoms with Gasteiger partial charge in [-0.1, -0.05) is 99.6 Å². The van der Waals surface area contributed by atoms with E-state index in [0.717, 1.165) is 25.7 Å². The molecule has 1 aliphatic carbocycles. The number of aliphatic carboxylic acids is 3. The van der Waals surface area contributed by atoms with Crippen molar-refractivity contribution >= 4 is 143 Å². The average Bonchev–Trinajstić information content (AvgIpc) is 0.839. The second-order valence-corrected chi connectivity index (χ2v) is 42.4. The van der Waals surface area contributed by atoms with Crippen LogP contribution in [-0.4, -0.2) is 255 Å².